The third-order valence-electron chi connectivity index (χ3n) is 2.98. The second-order valence-corrected chi connectivity index (χ2v) is 4.57. The molecule has 3 atom stereocenters. The van der Waals surface area contributed by atoms with Gasteiger partial charge < -0.3 is 14.2 Å². The Morgan fingerprint density at radius 3 is 2.60 bits per heavy atom. The lowest BCUT2D eigenvalue weighted by atomic mass is 10.0. The Kier molecular flexibility index (Phi) is 4.87. The van der Waals surface area contributed by atoms with E-state index in [1.54, 1.807) is 24.3 Å². The number of benzene rings is 1. The molecule has 108 valence electrons. The molecule has 1 saturated heterocycles. The van der Waals surface area contributed by atoms with Gasteiger partial charge in [-0.05, 0) is 6.92 Å². The van der Waals surface area contributed by atoms with Crippen LogP contribution in [0.5, 0.6) is 0 Å². The molecule has 1 fully saturated rings. The largest absolute Gasteiger partial charge is 0.459 e. The van der Waals surface area contributed by atoms with Crippen molar-refractivity contribution >= 4 is 11.8 Å². The zero-order chi connectivity index (χ0) is 14.5. The first-order valence-corrected chi connectivity index (χ1v) is 6.64. The average molecular weight is 278 g/mol. The predicted octanol–water partition coefficient (Wildman–Crippen LogP) is 1.95. The second-order valence-electron chi connectivity index (χ2n) is 4.57. The molecule has 0 aromatic heterocycles. The molecule has 0 N–H and O–H groups in total. The van der Waals surface area contributed by atoms with Crippen LogP contribution in [0.4, 0.5) is 0 Å². The quantitative estimate of drug-likeness (QED) is 0.433. The number of ether oxygens (including phenoxy) is 3. The van der Waals surface area contributed by atoms with Crippen molar-refractivity contribution in [2.75, 3.05) is 6.61 Å². The van der Waals surface area contributed by atoms with E-state index in [4.69, 9.17) is 14.2 Å². The fourth-order valence-corrected chi connectivity index (χ4v) is 2.03. The maximum Gasteiger partial charge on any atom is 0.303 e. The Morgan fingerprint density at radius 1 is 1.30 bits per heavy atom. The molecule has 0 spiro atoms. The lowest BCUT2D eigenvalue weighted by Gasteiger charge is -2.14. The van der Waals surface area contributed by atoms with Crippen molar-refractivity contribution in [3.63, 3.8) is 0 Å². The van der Waals surface area contributed by atoms with E-state index in [1.165, 1.54) is 6.92 Å². The second kappa shape index (κ2) is 6.63. The first-order chi connectivity index (χ1) is 9.61. The SMILES string of the molecule is CCOC1OC1C(CC(=O)c1ccccc1)OC(C)=O. The Labute approximate surface area is 117 Å². The Balaban J connectivity index is 1.98. The molecule has 1 aromatic carbocycles. The van der Waals surface area contributed by atoms with Gasteiger partial charge in [0.2, 0.25) is 0 Å². The first-order valence-electron chi connectivity index (χ1n) is 6.64. The molecule has 0 radical (unpaired) electrons. The number of ketones is 1. The van der Waals surface area contributed by atoms with Crippen LogP contribution >= 0.6 is 0 Å². The predicted molar refractivity (Wildman–Crippen MR) is 71.2 cm³/mol. The van der Waals surface area contributed by atoms with Crippen LogP contribution in [0.25, 0.3) is 0 Å². The van der Waals surface area contributed by atoms with Crippen LogP contribution in [0.15, 0.2) is 30.3 Å². The molecule has 5 nitrogen and oxygen atoms in total. The minimum atomic E-state index is -0.600. The summed E-state index contributed by atoms with van der Waals surface area (Å²) < 4.78 is 15.8. The fourth-order valence-electron chi connectivity index (χ4n) is 2.03. The molecule has 3 unspecified atom stereocenters. The maximum absolute atomic E-state index is 12.1. The molecule has 0 aliphatic carbocycles. The molecule has 5 heteroatoms. The number of Topliss-reactive ketones (excluding diaryl/α,β-unsaturated/α-hetero) is 1. The van der Waals surface area contributed by atoms with Crippen molar-refractivity contribution in [1.82, 2.24) is 0 Å². The van der Waals surface area contributed by atoms with Crippen LogP contribution in [0, 0.1) is 0 Å². The molecule has 1 aliphatic heterocycles. The van der Waals surface area contributed by atoms with Crippen LogP contribution < -0.4 is 0 Å². The Morgan fingerprint density at radius 2 is 2.00 bits per heavy atom. The highest BCUT2D eigenvalue weighted by Gasteiger charge is 2.48. The molecule has 0 saturated carbocycles. The van der Waals surface area contributed by atoms with Crippen LogP contribution in [0.1, 0.15) is 30.6 Å². The van der Waals surface area contributed by atoms with E-state index in [2.05, 4.69) is 0 Å². The summed E-state index contributed by atoms with van der Waals surface area (Å²) in [7, 11) is 0. The lowest BCUT2D eigenvalue weighted by Crippen LogP contribution is -2.27. The molecule has 0 amide bonds. The number of carbonyl (C=O) groups is 2. The molecule has 2 rings (SSSR count). The highest BCUT2D eigenvalue weighted by Crippen LogP contribution is 2.30. The van der Waals surface area contributed by atoms with Gasteiger partial charge >= 0.3 is 5.97 Å². The van der Waals surface area contributed by atoms with Crippen LogP contribution in [-0.2, 0) is 19.0 Å². The summed E-state index contributed by atoms with van der Waals surface area (Å²) in [6, 6.07) is 8.91. The zero-order valence-corrected chi connectivity index (χ0v) is 11.6. The van der Waals surface area contributed by atoms with Crippen LogP contribution in [0.2, 0.25) is 0 Å². The molecule has 0 bridgehead atoms. The zero-order valence-electron chi connectivity index (χ0n) is 11.6. The fraction of sp³-hybridized carbons (Fsp3) is 0.467. The minimum Gasteiger partial charge on any atom is -0.459 e. The molecule has 1 aliphatic rings. The highest BCUT2D eigenvalue weighted by atomic mass is 16.8. The lowest BCUT2D eigenvalue weighted by molar-refractivity contribution is -0.147. The van der Waals surface area contributed by atoms with Gasteiger partial charge in [-0.15, -0.1) is 0 Å². The summed E-state index contributed by atoms with van der Waals surface area (Å²) in [4.78, 5) is 23.3. The average Bonchev–Trinajstić information content (AvgIpc) is 3.18. The van der Waals surface area contributed by atoms with Crippen molar-refractivity contribution in [2.24, 2.45) is 0 Å². The number of carbonyl (C=O) groups excluding carboxylic acids is 2. The van der Waals surface area contributed by atoms with Gasteiger partial charge in [0.15, 0.2) is 12.1 Å². The van der Waals surface area contributed by atoms with Gasteiger partial charge in [0, 0.05) is 19.1 Å². The van der Waals surface area contributed by atoms with E-state index >= 15 is 0 Å². The van der Waals surface area contributed by atoms with Crippen molar-refractivity contribution < 1.29 is 23.8 Å². The Bertz CT molecular complexity index is 470. The topological polar surface area (TPSA) is 65.1 Å². The number of rotatable bonds is 7. The van der Waals surface area contributed by atoms with E-state index < -0.39 is 12.1 Å². The highest BCUT2D eigenvalue weighted by molar-refractivity contribution is 5.96. The van der Waals surface area contributed by atoms with Gasteiger partial charge in [-0.25, -0.2) is 0 Å². The van der Waals surface area contributed by atoms with E-state index in [0.717, 1.165) is 0 Å². The number of hydrogen-bond donors (Lipinski definition) is 0. The molecular formula is C15H18O5. The van der Waals surface area contributed by atoms with E-state index in [9.17, 15) is 9.59 Å². The van der Waals surface area contributed by atoms with Crippen molar-refractivity contribution in [1.29, 1.82) is 0 Å². The van der Waals surface area contributed by atoms with Gasteiger partial charge in [-0.1, -0.05) is 30.3 Å². The monoisotopic (exact) mass is 278 g/mol. The van der Waals surface area contributed by atoms with E-state index in [0.29, 0.717) is 12.2 Å². The number of esters is 1. The molecule has 1 heterocycles. The van der Waals surface area contributed by atoms with Crippen molar-refractivity contribution in [3.05, 3.63) is 35.9 Å². The molecule has 20 heavy (non-hydrogen) atoms. The van der Waals surface area contributed by atoms with Crippen LogP contribution in [0.3, 0.4) is 0 Å². The number of epoxide rings is 1. The molecule has 1 aromatic rings. The summed E-state index contributed by atoms with van der Waals surface area (Å²) in [5.74, 6) is -0.510. The van der Waals surface area contributed by atoms with Crippen molar-refractivity contribution in [3.8, 4) is 0 Å². The summed E-state index contributed by atoms with van der Waals surface area (Å²) in [5, 5.41) is 0. The van der Waals surface area contributed by atoms with Gasteiger partial charge in [0.1, 0.15) is 12.2 Å². The summed E-state index contributed by atoms with van der Waals surface area (Å²) >= 11 is 0. The van der Waals surface area contributed by atoms with Gasteiger partial charge in [-0.3, -0.25) is 9.59 Å². The minimum absolute atomic E-state index is 0.0809. The van der Waals surface area contributed by atoms with Gasteiger partial charge in [-0.2, -0.15) is 0 Å². The summed E-state index contributed by atoms with van der Waals surface area (Å²) in [5.41, 5.74) is 0.596. The van der Waals surface area contributed by atoms with Gasteiger partial charge in [0.05, 0.1) is 6.42 Å². The van der Waals surface area contributed by atoms with E-state index in [1.807, 2.05) is 13.0 Å². The molecular weight excluding hydrogens is 260 g/mol. The van der Waals surface area contributed by atoms with Crippen molar-refractivity contribution in [2.45, 2.75) is 38.8 Å². The summed E-state index contributed by atoms with van der Waals surface area (Å²) in [6.07, 6.45) is -1.24. The maximum atomic E-state index is 12.1. The summed E-state index contributed by atoms with van der Waals surface area (Å²) in [6.45, 7) is 3.69. The third kappa shape index (κ3) is 3.88. The first kappa shape index (κ1) is 14.7. The van der Waals surface area contributed by atoms with Gasteiger partial charge in [0.25, 0.3) is 0 Å². The number of hydrogen-bond acceptors (Lipinski definition) is 5. The van der Waals surface area contributed by atoms with Crippen LogP contribution in [-0.4, -0.2) is 36.9 Å². The smallest absolute Gasteiger partial charge is 0.303 e. The normalized spacial score (nSPS) is 22.1. The van der Waals surface area contributed by atoms with E-state index in [-0.39, 0.29) is 24.6 Å². The Hall–Kier alpha value is -1.72. The third-order valence-corrected chi connectivity index (χ3v) is 2.98. The standard InChI is InChI=1S/C15H18O5/c1-3-18-15-14(20-15)13(19-10(2)16)9-12(17)11-7-5-4-6-8-11/h4-8,13-15H,3,9H2,1-2H3.